The Morgan fingerprint density at radius 3 is 2.52 bits per heavy atom. The number of rotatable bonds is 5. The molecule has 0 fully saturated rings. The van der Waals surface area contributed by atoms with Gasteiger partial charge in [-0.15, -0.1) is 0 Å². The topological polar surface area (TPSA) is 64.6 Å². The van der Waals surface area contributed by atoms with E-state index in [0.717, 1.165) is 0 Å². The summed E-state index contributed by atoms with van der Waals surface area (Å²) in [6.45, 7) is 5.21. The Bertz CT molecular complexity index is 497. The lowest BCUT2D eigenvalue weighted by molar-refractivity contribution is -0.144. The molecule has 116 valence electrons. The second kappa shape index (κ2) is 7.61. The first-order valence-corrected chi connectivity index (χ1v) is 6.64. The number of hydrogen-bond acceptors (Lipinski definition) is 4. The van der Waals surface area contributed by atoms with E-state index in [-0.39, 0.29) is 19.6 Å². The molecule has 0 aliphatic heterocycles. The normalized spacial score (nSPS) is 10.9. The molecule has 0 aliphatic carbocycles. The molecule has 1 amide bonds. The molecule has 1 rings (SSSR count). The Kier molecular flexibility index (Phi) is 6.14. The van der Waals surface area contributed by atoms with Gasteiger partial charge in [0.05, 0.1) is 6.42 Å². The Labute approximate surface area is 123 Å². The van der Waals surface area contributed by atoms with E-state index in [1.54, 1.807) is 39.0 Å². The molecule has 6 heteroatoms. The Morgan fingerprint density at radius 2 is 1.90 bits per heavy atom. The molecule has 5 nitrogen and oxygen atoms in total. The van der Waals surface area contributed by atoms with Crippen molar-refractivity contribution >= 4 is 12.1 Å². The highest BCUT2D eigenvalue weighted by Crippen LogP contribution is 2.08. The van der Waals surface area contributed by atoms with Crippen molar-refractivity contribution in [2.75, 3.05) is 6.54 Å². The molecule has 0 bridgehead atoms. The van der Waals surface area contributed by atoms with Crippen LogP contribution in [0.2, 0.25) is 0 Å². The van der Waals surface area contributed by atoms with Crippen molar-refractivity contribution in [3.05, 3.63) is 35.6 Å². The summed E-state index contributed by atoms with van der Waals surface area (Å²) in [5.41, 5.74) is -0.277. The van der Waals surface area contributed by atoms with Crippen molar-refractivity contribution in [2.45, 2.75) is 39.4 Å². The zero-order valence-electron chi connectivity index (χ0n) is 12.4. The molecule has 0 spiro atoms. The summed E-state index contributed by atoms with van der Waals surface area (Å²) in [4.78, 5) is 22.8. The fraction of sp³-hybridized carbons (Fsp3) is 0.467. The summed E-state index contributed by atoms with van der Waals surface area (Å²) in [6, 6.07) is 6.07. The van der Waals surface area contributed by atoms with Gasteiger partial charge in [-0.25, -0.2) is 9.18 Å². The third kappa shape index (κ3) is 7.29. The number of nitrogens with one attached hydrogen (secondary N) is 1. The summed E-state index contributed by atoms with van der Waals surface area (Å²) < 4.78 is 23.2. The summed E-state index contributed by atoms with van der Waals surface area (Å²) in [7, 11) is 0. The van der Waals surface area contributed by atoms with E-state index in [1.165, 1.54) is 6.07 Å². The maximum Gasteiger partial charge on any atom is 0.407 e. The standard InChI is InChI=1S/C15H20FNO4/c1-15(2,3)21-14(19)17-9-8-13(18)20-10-11-6-4-5-7-12(11)16/h4-7H,8-10H2,1-3H3,(H,17,19). The fourth-order valence-electron chi connectivity index (χ4n) is 1.43. The zero-order chi connectivity index (χ0) is 15.9. The molecule has 0 heterocycles. The Hall–Kier alpha value is -2.11. The van der Waals surface area contributed by atoms with E-state index >= 15 is 0 Å². The van der Waals surface area contributed by atoms with Crippen LogP contribution < -0.4 is 5.32 Å². The summed E-state index contributed by atoms with van der Waals surface area (Å²) >= 11 is 0. The van der Waals surface area contributed by atoms with Gasteiger partial charge in [-0.05, 0) is 26.8 Å². The molecular weight excluding hydrogens is 277 g/mol. The molecular formula is C15H20FNO4. The van der Waals surface area contributed by atoms with Gasteiger partial charge in [-0.3, -0.25) is 4.79 Å². The van der Waals surface area contributed by atoms with Crippen molar-refractivity contribution < 1.29 is 23.5 Å². The minimum atomic E-state index is -0.593. The highest BCUT2D eigenvalue weighted by Gasteiger charge is 2.16. The van der Waals surface area contributed by atoms with Gasteiger partial charge in [0.15, 0.2) is 0 Å². The average molecular weight is 297 g/mol. The first-order chi connectivity index (χ1) is 9.78. The van der Waals surface area contributed by atoms with E-state index in [1.807, 2.05) is 0 Å². The minimum Gasteiger partial charge on any atom is -0.461 e. The molecule has 1 aromatic carbocycles. The summed E-state index contributed by atoms with van der Waals surface area (Å²) in [5, 5.41) is 2.44. The molecule has 0 saturated heterocycles. The molecule has 1 N–H and O–H groups in total. The number of carbonyl (C=O) groups is 2. The van der Waals surface area contributed by atoms with E-state index < -0.39 is 23.5 Å². The van der Waals surface area contributed by atoms with E-state index in [9.17, 15) is 14.0 Å². The van der Waals surface area contributed by atoms with Gasteiger partial charge in [-0.2, -0.15) is 0 Å². The molecule has 0 unspecified atom stereocenters. The third-order valence-corrected chi connectivity index (χ3v) is 2.34. The van der Waals surface area contributed by atoms with Crippen LogP contribution in [0.5, 0.6) is 0 Å². The zero-order valence-corrected chi connectivity index (χ0v) is 12.4. The monoisotopic (exact) mass is 297 g/mol. The van der Waals surface area contributed by atoms with Crippen LogP contribution in [-0.2, 0) is 20.9 Å². The van der Waals surface area contributed by atoms with Gasteiger partial charge in [0.2, 0.25) is 0 Å². The molecule has 0 radical (unpaired) electrons. The number of hydrogen-bond donors (Lipinski definition) is 1. The number of halogens is 1. The van der Waals surface area contributed by atoms with Gasteiger partial charge in [-0.1, -0.05) is 18.2 Å². The summed E-state index contributed by atoms with van der Waals surface area (Å²) in [6.07, 6.45) is -0.599. The Morgan fingerprint density at radius 1 is 1.24 bits per heavy atom. The first kappa shape index (κ1) is 16.9. The lowest BCUT2D eigenvalue weighted by Gasteiger charge is -2.19. The quantitative estimate of drug-likeness (QED) is 0.849. The van der Waals surface area contributed by atoms with Crippen LogP contribution in [0.15, 0.2) is 24.3 Å². The SMILES string of the molecule is CC(C)(C)OC(=O)NCCC(=O)OCc1ccccc1F. The largest absolute Gasteiger partial charge is 0.461 e. The van der Waals surface area contributed by atoms with Gasteiger partial charge in [0.25, 0.3) is 0 Å². The van der Waals surface area contributed by atoms with Crippen molar-refractivity contribution in [3.8, 4) is 0 Å². The van der Waals surface area contributed by atoms with Crippen LogP contribution in [0.1, 0.15) is 32.8 Å². The van der Waals surface area contributed by atoms with Crippen LogP contribution >= 0.6 is 0 Å². The Balaban J connectivity index is 2.23. The molecule has 0 aliphatic rings. The van der Waals surface area contributed by atoms with Gasteiger partial charge in [0, 0.05) is 12.1 Å². The van der Waals surface area contributed by atoms with Crippen LogP contribution in [0.4, 0.5) is 9.18 Å². The molecule has 0 atom stereocenters. The third-order valence-electron chi connectivity index (χ3n) is 2.34. The van der Waals surface area contributed by atoms with Crippen molar-refractivity contribution in [1.29, 1.82) is 0 Å². The highest BCUT2D eigenvalue weighted by atomic mass is 19.1. The van der Waals surface area contributed by atoms with E-state index in [2.05, 4.69) is 5.32 Å². The van der Waals surface area contributed by atoms with Crippen LogP contribution in [0.3, 0.4) is 0 Å². The van der Waals surface area contributed by atoms with Crippen molar-refractivity contribution in [2.24, 2.45) is 0 Å². The number of alkyl carbamates (subject to hydrolysis) is 1. The highest BCUT2D eigenvalue weighted by molar-refractivity contribution is 5.72. The van der Waals surface area contributed by atoms with Gasteiger partial charge >= 0.3 is 12.1 Å². The van der Waals surface area contributed by atoms with E-state index in [4.69, 9.17) is 9.47 Å². The molecule has 0 saturated carbocycles. The number of carbonyl (C=O) groups excluding carboxylic acids is 2. The van der Waals surface area contributed by atoms with Gasteiger partial charge in [0.1, 0.15) is 18.0 Å². The van der Waals surface area contributed by atoms with E-state index in [0.29, 0.717) is 5.56 Å². The van der Waals surface area contributed by atoms with Crippen LogP contribution in [0, 0.1) is 5.82 Å². The predicted molar refractivity (Wildman–Crippen MR) is 75.0 cm³/mol. The second-order valence-electron chi connectivity index (χ2n) is 5.43. The average Bonchev–Trinajstić information content (AvgIpc) is 2.35. The summed E-state index contributed by atoms with van der Waals surface area (Å²) in [5.74, 6) is -0.938. The number of benzene rings is 1. The second-order valence-corrected chi connectivity index (χ2v) is 5.43. The smallest absolute Gasteiger partial charge is 0.407 e. The van der Waals surface area contributed by atoms with Gasteiger partial charge < -0.3 is 14.8 Å². The number of esters is 1. The minimum absolute atomic E-state index is 0.00625. The lowest BCUT2D eigenvalue weighted by atomic mass is 10.2. The van der Waals surface area contributed by atoms with Crippen molar-refractivity contribution in [1.82, 2.24) is 5.32 Å². The van der Waals surface area contributed by atoms with Crippen LogP contribution in [0.25, 0.3) is 0 Å². The molecule has 21 heavy (non-hydrogen) atoms. The first-order valence-electron chi connectivity index (χ1n) is 6.64. The van der Waals surface area contributed by atoms with Crippen LogP contribution in [-0.4, -0.2) is 24.2 Å². The fourth-order valence-corrected chi connectivity index (χ4v) is 1.43. The number of amides is 1. The molecule has 0 aromatic heterocycles. The van der Waals surface area contributed by atoms with Crippen molar-refractivity contribution in [3.63, 3.8) is 0 Å². The number of ether oxygens (including phenoxy) is 2. The maximum atomic E-state index is 13.3. The lowest BCUT2D eigenvalue weighted by Crippen LogP contribution is -2.33. The molecule has 1 aromatic rings. The predicted octanol–water partition coefficient (Wildman–Crippen LogP) is 2.78. The maximum absolute atomic E-state index is 13.3.